The fraction of sp³-hybridized carbons (Fsp3) is 0.344. The van der Waals surface area contributed by atoms with E-state index in [9.17, 15) is 23.5 Å². The minimum Gasteiger partial charge on any atom is -0.852 e. The molecule has 9 heteroatoms. The number of hydrogen-bond donors (Lipinski definition) is 1. The van der Waals surface area contributed by atoms with E-state index in [1.54, 1.807) is 32.2 Å². The van der Waals surface area contributed by atoms with Crippen LogP contribution in [0.5, 0.6) is 5.75 Å². The van der Waals surface area contributed by atoms with E-state index >= 15 is 0 Å². The van der Waals surface area contributed by atoms with Crippen LogP contribution < -0.4 is 20.2 Å². The van der Waals surface area contributed by atoms with Crippen molar-refractivity contribution in [1.29, 1.82) is 0 Å². The van der Waals surface area contributed by atoms with Crippen molar-refractivity contribution in [3.63, 3.8) is 0 Å². The molecule has 0 radical (unpaired) electrons. The van der Waals surface area contributed by atoms with Crippen LogP contribution in [-0.2, 0) is 15.5 Å². The quantitative estimate of drug-likeness (QED) is 0.467. The summed E-state index contributed by atoms with van der Waals surface area (Å²) in [7, 11) is 1.56. The molecule has 2 amide bonds. The number of methoxy groups -OCH3 is 1. The van der Waals surface area contributed by atoms with E-state index < -0.39 is 29.8 Å². The summed E-state index contributed by atoms with van der Waals surface area (Å²) >= 11 is 0. The Labute approximate surface area is 237 Å². The van der Waals surface area contributed by atoms with Gasteiger partial charge in [-0.1, -0.05) is 48.4 Å². The molecule has 1 heterocycles. The summed E-state index contributed by atoms with van der Waals surface area (Å²) in [6, 6.07) is 10.6. The molecule has 3 aliphatic rings. The van der Waals surface area contributed by atoms with Crippen LogP contribution in [0.3, 0.4) is 0 Å². The van der Waals surface area contributed by atoms with Crippen LogP contribution in [0.1, 0.15) is 50.7 Å². The number of allylic oxidation sites excluding steroid dienone is 5. The number of ether oxygens (including phenoxy) is 1. The summed E-state index contributed by atoms with van der Waals surface area (Å²) in [4.78, 5) is 26.5. The molecule has 2 aromatic rings. The molecule has 3 atom stereocenters. The van der Waals surface area contributed by atoms with Gasteiger partial charge in [0.2, 0.25) is 5.91 Å². The first kappa shape index (κ1) is 28.4. The first-order chi connectivity index (χ1) is 19.6. The van der Waals surface area contributed by atoms with Gasteiger partial charge < -0.3 is 15.2 Å². The zero-order valence-corrected chi connectivity index (χ0v) is 23.2. The van der Waals surface area contributed by atoms with Gasteiger partial charge in [0, 0.05) is 23.7 Å². The molecule has 0 bridgehead atoms. The summed E-state index contributed by atoms with van der Waals surface area (Å²) in [5.74, 6) is -4.79. The number of rotatable bonds is 6. The lowest BCUT2D eigenvalue weighted by molar-refractivity contribution is -0.434. The molecule has 2 aliphatic carbocycles. The van der Waals surface area contributed by atoms with Crippen molar-refractivity contribution in [1.82, 2.24) is 0 Å². The third kappa shape index (κ3) is 5.86. The van der Waals surface area contributed by atoms with Crippen molar-refractivity contribution in [2.75, 3.05) is 17.4 Å². The van der Waals surface area contributed by atoms with E-state index in [-0.39, 0.29) is 22.9 Å². The fourth-order valence-electron chi connectivity index (χ4n) is 5.45. The predicted octanol–water partition coefficient (Wildman–Crippen LogP) is 5.58. The van der Waals surface area contributed by atoms with E-state index in [1.807, 2.05) is 24.3 Å². The van der Waals surface area contributed by atoms with E-state index in [1.165, 1.54) is 34.8 Å². The molecule has 41 heavy (non-hydrogen) atoms. The van der Waals surface area contributed by atoms with E-state index in [0.717, 1.165) is 30.9 Å². The Balaban J connectivity index is 1.39. The Bertz CT molecular complexity index is 1490. The summed E-state index contributed by atoms with van der Waals surface area (Å²) in [5.41, 5.74) is 3.40. The van der Waals surface area contributed by atoms with Gasteiger partial charge in [-0.2, -0.15) is 10.1 Å². The molecular weight excluding hydrogens is 528 g/mol. The Kier molecular flexibility index (Phi) is 7.91. The van der Waals surface area contributed by atoms with E-state index in [0.29, 0.717) is 24.3 Å². The summed E-state index contributed by atoms with van der Waals surface area (Å²) in [5, 5.41) is 20.8. The molecule has 1 aliphatic heterocycles. The molecule has 0 spiro atoms. The normalized spacial score (nSPS) is 26.0. The molecule has 7 nitrogen and oxygen atoms in total. The maximum Gasteiger partial charge on any atom is 0.270 e. The van der Waals surface area contributed by atoms with Gasteiger partial charge in [0.15, 0.2) is 5.92 Å². The van der Waals surface area contributed by atoms with Crippen molar-refractivity contribution < 1.29 is 28.2 Å². The van der Waals surface area contributed by atoms with Crippen molar-refractivity contribution in [3.8, 4) is 5.75 Å². The molecule has 0 saturated heterocycles. The second kappa shape index (κ2) is 11.4. The van der Waals surface area contributed by atoms with Gasteiger partial charge in [-0.15, -0.1) is 6.10 Å². The van der Waals surface area contributed by atoms with Crippen LogP contribution in [0.4, 0.5) is 20.2 Å². The molecule has 1 saturated carbocycles. The van der Waals surface area contributed by atoms with Crippen molar-refractivity contribution in [2.45, 2.75) is 51.6 Å². The van der Waals surface area contributed by atoms with Gasteiger partial charge in [0.1, 0.15) is 5.75 Å². The minimum atomic E-state index is -3.07. The second-order valence-electron chi connectivity index (χ2n) is 10.7. The fourth-order valence-corrected chi connectivity index (χ4v) is 5.45. The number of hydrazone groups is 1. The molecule has 214 valence electrons. The largest absolute Gasteiger partial charge is 0.852 e. The molecule has 1 N–H and O–H groups in total. The molecule has 0 aromatic heterocycles. The smallest absolute Gasteiger partial charge is 0.270 e. The third-order valence-corrected chi connectivity index (χ3v) is 7.84. The maximum atomic E-state index is 13.8. The highest BCUT2D eigenvalue weighted by molar-refractivity contribution is 6.28. The second-order valence-corrected chi connectivity index (χ2v) is 10.7. The van der Waals surface area contributed by atoms with E-state index in [2.05, 4.69) is 10.4 Å². The minimum absolute atomic E-state index is 0.122. The molecular formula is C32H32F2N3O4-. The average Bonchev–Trinajstić information content (AvgIpc) is 3.21. The zero-order valence-electron chi connectivity index (χ0n) is 23.2. The Morgan fingerprint density at radius 2 is 2.00 bits per heavy atom. The third-order valence-electron chi connectivity index (χ3n) is 7.84. The number of fused-ring (bicyclic) bond motifs is 1. The molecule has 1 fully saturated rings. The van der Waals surface area contributed by atoms with Crippen LogP contribution in [0.15, 0.2) is 77.4 Å². The van der Waals surface area contributed by atoms with Gasteiger partial charge >= 0.3 is 0 Å². The molecule has 5 rings (SSSR count). The number of alkyl halides is 2. The topological polar surface area (TPSA) is 94.1 Å². The van der Waals surface area contributed by atoms with Gasteiger partial charge in [-0.3, -0.25) is 9.59 Å². The zero-order chi connectivity index (χ0) is 29.3. The van der Waals surface area contributed by atoms with Crippen LogP contribution >= 0.6 is 0 Å². The maximum absolute atomic E-state index is 13.8. The molecule has 3 unspecified atom stereocenters. The number of carbonyl (C=O) groups excluding carboxylic acids is 2. The Morgan fingerprint density at radius 1 is 1.20 bits per heavy atom. The number of halogens is 2. The number of carbonyl (C=O) groups is 2. The van der Waals surface area contributed by atoms with Gasteiger partial charge in [-0.25, -0.2) is 8.78 Å². The van der Waals surface area contributed by atoms with E-state index in [4.69, 9.17) is 4.74 Å². The standard InChI is InChI=1S/C32H32F2N3O4/c1-19-29(30(39)35-23-11-6-10-22(17-23)32(2,33)34)31(40)37(36-19)24-14-16-28(41-3)26(18-24)20-7-4-8-21-13-15-25(21)27(38)12-5-9-20/h4,6-11,14,16-18,25,27,29H,5,12-13,15H2,1-3H3,(H,35,39)/q-1/b7-4-,20-9+,21-8-. The van der Waals surface area contributed by atoms with Gasteiger partial charge in [0.05, 0.1) is 18.5 Å². The Morgan fingerprint density at radius 3 is 2.71 bits per heavy atom. The molecule has 2 aromatic carbocycles. The van der Waals surface area contributed by atoms with Crippen molar-refractivity contribution >= 4 is 34.5 Å². The van der Waals surface area contributed by atoms with Crippen LogP contribution in [0.25, 0.3) is 5.57 Å². The first-order valence-corrected chi connectivity index (χ1v) is 13.7. The van der Waals surface area contributed by atoms with Crippen LogP contribution in [-0.4, -0.2) is 30.7 Å². The summed E-state index contributed by atoms with van der Waals surface area (Å²) < 4.78 is 33.1. The lowest BCUT2D eigenvalue weighted by Crippen LogP contribution is -2.39. The number of amides is 2. The SMILES string of the molecule is COc1ccc(N2N=C(C)C(C(=O)Nc3cccc(C(C)(F)F)c3)C2=O)cc1C1=C/CCC([O-])C2CC/C2=C/C=C\1. The van der Waals surface area contributed by atoms with Crippen molar-refractivity contribution in [2.24, 2.45) is 16.9 Å². The summed E-state index contributed by atoms with van der Waals surface area (Å²) in [6.45, 7) is 2.36. The number of nitrogens with one attached hydrogen (secondary N) is 1. The lowest BCUT2D eigenvalue weighted by atomic mass is 9.74. The van der Waals surface area contributed by atoms with Crippen LogP contribution in [0, 0.1) is 11.8 Å². The predicted molar refractivity (Wildman–Crippen MR) is 153 cm³/mol. The lowest BCUT2D eigenvalue weighted by Gasteiger charge is -2.41. The van der Waals surface area contributed by atoms with Crippen LogP contribution in [0.2, 0.25) is 0 Å². The van der Waals surface area contributed by atoms with Gasteiger partial charge in [0.25, 0.3) is 11.8 Å². The monoisotopic (exact) mass is 560 g/mol. The highest BCUT2D eigenvalue weighted by atomic mass is 19.3. The summed E-state index contributed by atoms with van der Waals surface area (Å²) in [6.07, 6.45) is 10.4. The number of benzene rings is 2. The number of anilines is 2. The Hall–Kier alpha value is -4.11. The highest BCUT2D eigenvalue weighted by Crippen LogP contribution is 2.39. The number of nitrogens with zero attached hydrogens (tertiary/aromatic N) is 2. The average molecular weight is 561 g/mol. The highest BCUT2D eigenvalue weighted by Gasteiger charge is 2.40. The number of hydrogen-bond acceptors (Lipinski definition) is 5. The van der Waals surface area contributed by atoms with Gasteiger partial charge in [-0.05, 0) is 68.0 Å². The first-order valence-electron chi connectivity index (χ1n) is 13.7. The van der Waals surface area contributed by atoms with Crippen molar-refractivity contribution in [3.05, 3.63) is 83.5 Å².